The molecule has 0 N–H and O–H groups in total. The molecule has 9 aromatic carbocycles. The van der Waals surface area contributed by atoms with Gasteiger partial charge in [-0.2, -0.15) is 0 Å². The van der Waals surface area contributed by atoms with Crippen LogP contribution in [-0.2, 0) is 0 Å². The molecule has 0 aliphatic heterocycles. The third kappa shape index (κ3) is 4.64. The van der Waals surface area contributed by atoms with Gasteiger partial charge in [-0.05, 0) is 52.6 Å². The van der Waals surface area contributed by atoms with Crippen molar-refractivity contribution in [1.82, 2.24) is 19.5 Å². The number of furan rings is 1. The zero-order valence-corrected chi connectivity index (χ0v) is 30.0. The molecule has 0 saturated heterocycles. The average Bonchev–Trinajstić information content (AvgIpc) is 3.82. The van der Waals surface area contributed by atoms with Gasteiger partial charge >= 0.3 is 0 Å². The highest BCUT2D eigenvalue weighted by Gasteiger charge is 2.21. The first-order valence-corrected chi connectivity index (χ1v) is 18.9. The summed E-state index contributed by atoms with van der Waals surface area (Å²) in [6.07, 6.45) is 0. The zero-order chi connectivity index (χ0) is 36.7. The molecule has 0 unspecified atom stereocenters. The number of hydrogen-bond acceptors (Lipinski definition) is 4. The van der Waals surface area contributed by atoms with Gasteiger partial charge in [-0.1, -0.05) is 146 Å². The van der Waals surface area contributed by atoms with Crippen molar-refractivity contribution in [2.45, 2.75) is 0 Å². The predicted octanol–water partition coefficient (Wildman–Crippen LogP) is 13.3. The van der Waals surface area contributed by atoms with E-state index in [4.69, 9.17) is 19.4 Å². The summed E-state index contributed by atoms with van der Waals surface area (Å²) in [4.78, 5) is 15.4. The maximum Gasteiger partial charge on any atom is 0.164 e. The summed E-state index contributed by atoms with van der Waals surface area (Å²) in [5, 5.41) is 11.4. The molecule has 0 amide bonds. The standard InChI is InChI=1S/C51H30N4O/c1-2-14-33(15-3-1)49-52-50(35-23-22-31-12-4-5-16-34(31)28-35)54-51(53-49)36-25-27-41-42(29-36)45(30-43-39-19-9-11-21-46(39)56-48(41)43)55-44-20-10-8-18-38(44)40-26-24-32-13-6-7-17-37(32)47(40)55/h1-30H. The van der Waals surface area contributed by atoms with Crippen LogP contribution >= 0.6 is 0 Å². The number of aromatic nitrogens is 4. The molecular formula is C51H30N4O. The quantitative estimate of drug-likeness (QED) is 0.182. The van der Waals surface area contributed by atoms with Crippen molar-refractivity contribution >= 4 is 76.1 Å². The highest BCUT2D eigenvalue weighted by atomic mass is 16.3. The van der Waals surface area contributed by atoms with Crippen molar-refractivity contribution in [3.63, 3.8) is 0 Å². The Morgan fingerprint density at radius 2 is 0.964 bits per heavy atom. The van der Waals surface area contributed by atoms with Crippen LogP contribution in [0.5, 0.6) is 0 Å². The lowest BCUT2D eigenvalue weighted by Gasteiger charge is -2.15. The maximum absolute atomic E-state index is 6.67. The van der Waals surface area contributed by atoms with Crippen LogP contribution < -0.4 is 0 Å². The minimum Gasteiger partial charge on any atom is -0.455 e. The molecule has 0 aliphatic rings. The van der Waals surface area contributed by atoms with Crippen LogP contribution in [0.4, 0.5) is 0 Å². The Hall–Kier alpha value is -7.63. The minimum absolute atomic E-state index is 0.604. The van der Waals surface area contributed by atoms with Crippen LogP contribution in [0.25, 0.3) is 116 Å². The molecule has 3 aromatic heterocycles. The summed E-state index contributed by atoms with van der Waals surface area (Å²) in [7, 11) is 0. The summed E-state index contributed by atoms with van der Waals surface area (Å²) in [5.41, 5.74) is 7.86. The predicted molar refractivity (Wildman–Crippen MR) is 230 cm³/mol. The van der Waals surface area contributed by atoms with E-state index < -0.39 is 0 Å². The summed E-state index contributed by atoms with van der Waals surface area (Å²) in [5.74, 6) is 1.86. The third-order valence-electron chi connectivity index (χ3n) is 11.2. The van der Waals surface area contributed by atoms with Gasteiger partial charge in [0.2, 0.25) is 0 Å². The Morgan fingerprint density at radius 1 is 0.357 bits per heavy atom. The van der Waals surface area contributed by atoms with E-state index in [0.29, 0.717) is 17.5 Å². The van der Waals surface area contributed by atoms with Crippen LogP contribution in [0, 0.1) is 0 Å². The van der Waals surface area contributed by atoms with Gasteiger partial charge in [0, 0.05) is 54.4 Å². The largest absolute Gasteiger partial charge is 0.455 e. The van der Waals surface area contributed by atoms with Crippen molar-refractivity contribution in [1.29, 1.82) is 0 Å². The van der Waals surface area contributed by atoms with Crippen molar-refractivity contribution < 1.29 is 4.42 Å². The molecule has 5 heteroatoms. The van der Waals surface area contributed by atoms with E-state index in [1.807, 2.05) is 42.5 Å². The molecule has 0 fully saturated rings. The van der Waals surface area contributed by atoms with Crippen molar-refractivity contribution in [3.05, 3.63) is 182 Å². The molecular weight excluding hydrogens is 685 g/mol. The monoisotopic (exact) mass is 714 g/mol. The Morgan fingerprint density at radius 3 is 1.80 bits per heavy atom. The van der Waals surface area contributed by atoms with E-state index in [0.717, 1.165) is 66.0 Å². The lowest BCUT2D eigenvalue weighted by molar-refractivity contribution is 0.672. The van der Waals surface area contributed by atoms with Gasteiger partial charge in [0.1, 0.15) is 11.2 Å². The van der Waals surface area contributed by atoms with Gasteiger partial charge in [-0.25, -0.2) is 15.0 Å². The number of benzene rings is 9. The first kappa shape index (κ1) is 30.8. The molecule has 56 heavy (non-hydrogen) atoms. The lowest BCUT2D eigenvalue weighted by atomic mass is 10.0. The highest BCUT2D eigenvalue weighted by molar-refractivity contribution is 6.22. The Bertz CT molecular complexity index is 3540. The number of fused-ring (bicyclic) bond motifs is 11. The molecule has 0 radical (unpaired) electrons. The normalized spacial score (nSPS) is 11.9. The number of para-hydroxylation sites is 2. The SMILES string of the molecule is c1ccc(-c2nc(-c3ccc4ccccc4c3)nc(-c3ccc4c(c3)c(-n3c5ccccc5c5ccc6ccccc6c53)cc3c5ccccc5oc43)n2)cc1. The number of nitrogens with zero attached hydrogens (tertiary/aromatic N) is 4. The van der Waals surface area contributed by atoms with Gasteiger partial charge in [-0.15, -0.1) is 0 Å². The molecule has 5 nitrogen and oxygen atoms in total. The van der Waals surface area contributed by atoms with Crippen LogP contribution in [0.2, 0.25) is 0 Å². The Balaban J connectivity index is 1.18. The molecule has 0 spiro atoms. The molecule has 260 valence electrons. The second-order valence-electron chi connectivity index (χ2n) is 14.4. The summed E-state index contributed by atoms with van der Waals surface area (Å²) < 4.78 is 9.12. The van der Waals surface area contributed by atoms with Crippen LogP contribution in [-0.4, -0.2) is 19.5 Å². The van der Waals surface area contributed by atoms with Crippen LogP contribution in [0.15, 0.2) is 186 Å². The molecule has 12 aromatic rings. The second kappa shape index (κ2) is 11.9. The lowest BCUT2D eigenvalue weighted by Crippen LogP contribution is -2.01. The van der Waals surface area contributed by atoms with E-state index >= 15 is 0 Å². The summed E-state index contributed by atoms with van der Waals surface area (Å²) in [6.45, 7) is 0. The Labute approximate surface area is 320 Å². The third-order valence-corrected chi connectivity index (χ3v) is 11.2. The minimum atomic E-state index is 0.604. The van der Waals surface area contributed by atoms with Crippen molar-refractivity contribution in [2.75, 3.05) is 0 Å². The molecule has 0 bridgehead atoms. The van der Waals surface area contributed by atoms with Gasteiger partial charge in [0.05, 0.1) is 16.7 Å². The number of hydrogen-bond donors (Lipinski definition) is 0. The highest BCUT2D eigenvalue weighted by Crippen LogP contribution is 2.43. The van der Waals surface area contributed by atoms with Gasteiger partial charge < -0.3 is 8.98 Å². The smallest absolute Gasteiger partial charge is 0.164 e. The van der Waals surface area contributed by atoms with E-state index in [1.54, 1.807) is 0 Å². The molecule has 0 atom stereocenters. The van der Waals surface area contributed by atoms with Crippen molar-refractivity contribution in [3.8, 4) is 39.9 Å². The fourth-order valence-corrected chi connectivity index (χ4v) is 8.56. The first-order valence-electron chi connectivity index (χ1n) is 18.9. The van der Waals surface area contributed by atoms with Crippen LogP contribution in [0.3, 0.4) is 0 Å². The Kier molecular flexibility index (Phi) is 6.56. The molecule has 0 aliphatic carbocycles. The summed E-state index contributed by atoms with van der Waals surface area (Å²) in [6, 6.07) is 63.9. The van der Waals surface area contributed by atoms with E-state index in [1.165, 1.54) is 32.4 Å². The van der Waals surface area contributed by atoms with E-state index in [9.17, 15) is 0 Å². The maximum atomic E-state index is 6.67. The van der Waals surface area contributed by atoms with E-state index in [-0.39, 0.29) is 0 Å². The molecule has 12 rings (SSSR count). The van der Waals surface area contributed by atoms with Crippen molar-refractivity contribution in [2.24, 2.45) is 0 Å². The van der Waals surface area contributed by atoms with Gasteiger partial charge in [-0.3, -0.25) is 0 Å². The number of rotatable bonds is 4. The fraction of sp³-hybridized carbons (Fsp3) is 0. The van der Waals surface area contributed by atoms with Gasteiger partial charge in [0.25, 0.3) is 0 Å². The fourth-order valence-electron chi connectivity index (χ4n) is 8.56. The average molecular weight is 715 g/mol. The van der Waals surface area contributed by atoms with Crippen LogP contribution in [0.1, 0.15) is 0 Å². The molecule has 3 heterocycles. The second-order valence-corrected chi connectivity index (χ2v) is 14.4. The topological polar surface area (TPSA) is 56.7 Å². The van der Waals surface area contributed by atoms with E-state index in [2.05, 4.69) is 144 Å². The zero-order valence-electron chi connectivity index (χ0n) is 30.0. The van der Waals surface area contributed by atoms with Gasteiger partial charge in [0.15, 0.2) is 17.5 Å². The summed E-state index contributed by atoms with van der Waals surface area (Å²) >= 11 is 0. The first-order chi connectivity index (χ1) is 27.7. The molecule has 0 saturated carbocycles.